The molecular weight excluding hydrogens is 286 g/mol. The molecule has 2 aromatic rings. The summed E-state index contributed by atoms with van der Waals surface area (Å²) in [5, 5.41) is 0. The van der Waals surface area contributed by atoms with Gasteiger partial charge in [0.25, 0.3) is 0 Å². The zero-order chi connectivity index (χ0) is 16.4. The van der Waals surface area contributed by atoms with Gasteiger partial charge in [0.15, 0.2) is 5.82 Å². The summed E-state index contributed by atoms with van der Waals surface area (Å²) in [6, 6.07) is 10.0. The Bertz CT molecular complexity index is 704. The molecule has 0 aliphatic carbocycles. The van der Waals surface area contributed by atoms with Crippen LogP contribution in [0.5, 0.6) is 0 Å². The van der Waals surface area contributed by atoms with Crippen molar-refractivity contribution in [2.45, 2.75) is 40.2 Å². The monoisotopic (exact) mass is 309 g/mol. The van der Waals surface area contributed by atoms with Gasteiger partial charge in [-0.25, -0.2) is 9.97 Å². The third-order valence-corrected chi connectivity index (χ3v) is 4.00. The fourth-order valence-corrected chi connectivity index (χ4v) is 2.82. The zero-order valence-corrected chi connectivity index (χ0v) is 14.0. The van der Waals surface area contributed by atoms with Crippen LogP contribution in [0.2, 0.25) is 0 Å². The van der Waals surface area contributed by atoms with E-state index in [-0.39, 0.29) is 11.3 Å². The van der Waals surface area contributed by atoms with E-state index in [1.54, 1.807) is 0 Å². The number of hydrogen-bond donors (Lipinski definition) is 0. The fourth-order valence-electron chi connectivity index (χ4n) is 2.82. The maximum atomic E-state index is 12.4. The van der Waals surface area contributed by atoms with Crippen LogP contribution in [0.1, 0.15) is 38.4 Å². The molecule has 3 rings (SSSR count). The highest BCUT2D eigenvalue weighted by molar-refractivity contribution is 5.77. The molecular formula is C19H23N3O. The average Bonchev–Trinajstić information content (AvgIpc) is 2.53. The first-order valence-corrected chi connectivity index (χ1v) is 8.10. The van der Waals surface area contributed by atoms with Gasteiger partial charge in [-0.15, -0.1) is 0 Å². The second-order valence-electron chi connectivity index (χ2n) is 7.33. The molecule has 0 spiro atoms. The molecule has 1 aromatic heterocycles. The summed E-state index contributed by atoms with van der Waals surface area (Å²) in [5.74, 6) is 0.981. The van der Waals surface area contributed by atoms with Crippen LogP contribution in [0.15, 0.2) is 36.5 Å². The molecule has 0 saturated carbocycles. The maximum Gasteiger partial charge on any atom is 0.223 e. The van der Waals surface area contributed by atoms with Crippen molar-refractivity contribution in [2.24, 2.45) is 5.41 Å². The number of carbonyl (C=O) groups is 1. The second-order valence-corrected chi connectivity index (χ2v) is 7.33. The minimum atomic E-state index is 0.0189. The summed E-state index contributed by atoms with van der Waals surface area (Å²) >= 11 is 0. The lowest BCUT2D eigenvalue weighted by atomic mass is 9.91. The lowest BCUT2D eigenvalue weighted by Crippen LogP contribution is -2.38. The van der Waals surface area contributed by atoms with Crippen molar-refractivity contribution >= 4 is 5.91 Å². The number of aromatic nitrogens is 2. The van der Waals surface area contributed by atoms with E-state index in [0.29, 0.717) is 13.0 Å². The molecule has 0 unspecified atom stereocenters. The maximum absolute atomic E-state index is 12.4. The highest BCUT2D eigenvalue weighted by Gasteiger charge is 2.25. The summed E-state index contributed by atoms with van der Waals surface area (Å²) in [4.78, 5) is 23.5. The quantitative estimate of drug-likeness (QED) is 0.853. The van der Waals surface area contributed by atoms with Gasteiger partial charge in [0.2, 0.25) is 5.91 Å². The SMILES string of the molecule is CC(C)(C)CC(=O)N1CCc2nc(-c3ccccc3)ncc2C1. The lowest BCUT2D eigenvalue weighted by Gasteiger charge is -2.30. The Morgan fingerprint density at radius 2 is 1.96 bits per heavy atom. The van der Waals surface area contributed by atoms with E-state index in [1.807, 2.05) is 41.4 Å². The molecule has 1 aromatic carbocycles. The van der Waals surface area contributed by atoms with Crippen LogP contribution in [0.3, 0.4) is 0 Å². The highest BCUT2D eigenvalue weighted by Crippen LogP contribution is 2.24. The molecule has 120 valence electrons. The number of hydrogen-bond acceptors (Lipinski definition) is 3. The van der Waals surface area contributed by atoms with Gasteiger partial charge >= 0.3 is 0 Å². The highest BCUT2D eigenvalue weighted by atomic mass is 16.2. The van der Waals surface area contributed by atoms with Crippen LogP contribution in [-0.4, -0.2) is 27.3 Å². The molecule has 0 radical (unpaired) electrons. The summed E-state index contributed by atoms with van der Waals surface area (Å²) in [5.41, 5.74) is 3.18. The van der Waals surface area contributed by atoms with Gasteiger partial charge in [0, 0.05) is 43.3 Å². The van der Waals surface area contributed by atoms with E-state index in [4.69, 9.17) is 4.98 Å². The van der Waals surface area contributed by atoms with Crippen molar-refractivity contribution in [3.63, 3.8) is 0 Å². The number of carbonyl (C=O) groups excluding carboxylic acids is 1. The van der Waals surface area contributed by atoms with Gasteiger partial charge in [0.1, 0.15) is 0 Å². The molecule has 0 N–H and O–H groups in total. The molecule has 4 heteroatoms. The predicted molar refractivity (Wildman–Crippen MR) is 90.7 cm³/mol. The van der Waals surface area contributed by atoms with E-state index in [1.165, 1.54) is 0 Å². The van der Waals surface area contributed by atoms with Crippen molar-refractivity contribution in [1.82, 2.24) is 14.9 Å². The lowest BCUT2D eigenvalue weighted by molar-refractivity contribution is -0.134. The summed E-state index contributed by atoms with van der Waals surface area (Å²) in [6.07, 6.45) is 3.25. The van der Waals surface area contributed by atoms with Crippen LogP contribution >= 0.6 is 0 Å². The van der Waals surface area contributed by atoms with Crippen LogP contribution in [0.4, 0.5) is 0 Å². The van der Waals surface area contributed by atoms with Crippen molar-refractivity contribution in [3.05, 3.63) is 47.8 Å². The molecule has 0 bridgehead atoms. The van der Waals surface area contributed by atoms with Crippen molar-refractivity contribution < 1.29 is 4.79 Å². The smallest absolute Gasteiger partial charge is 0.223 e. The van der Waals surface area contributed by atoms with Crippen LogP contribution < -0.4 is 0 Å². The molecule has 2 heterocycles. The van der Waals surface area contributed by atoms with Gasteiger partial charge in [-0.05, 0) is 5.41 Å². The summed E-state index contributed by atoms with van der Waals surface area (Å²) in [6.45, 7) is 7.65. The third-order valence-electron chi connectivity index (χ3n) is 4.00. The molecule has 4 nitrogen and oxygen atoms in total. The first-order valence-electron chi connectivity index (χ1n) is 8.10. The van der Waals surface area contributed by atoms with Gasteiger partial charge in [-0.3, -0.25) is 4.79 Å². The van der Waals surface area contributed by atoms with Crippen molar-refractivity contribution in [1.29, 1.82) is 0 Å². The van der Waals surface area contributed by atoms with Gasteiger partial charge in [0.05, 0.1) is 5.69 Å². The van der Waals surface area contributed by atoms with Crippen LogP contribution in [0, 0.1) is 5.41 Å². The number of amides is 1. The number of rotatable bonds is 2. The topological polar surface area (TPSA) is 46.1 Å². The molecule has 1 aliphatic rings. The fraction of sp³-hybridized carbons (Fsp3) is 0.421. The molecule has 1 aliphatic heterocycles. The molecule has 0 fully saturated rings. The van der Waals surface area contributed by atoms with E-state index in [9.17, 15) is 4.79 Å². The van der Waals surface area contributed by atoms with Gasteiger partial charge in [-0.2, -0.15) is 0 Å². The second kappa shape index (κ2) is 6.11. The Kier molecular flexibility index (Phi) is 4.16. The number of benzene rings is 1. The summed E-state index contributed by atoms with van der Waals surface area (Å²) < 4.78 is 0. The predicted octanol–water partition coefficient (Wildman–Crippen LogP) is 3.46. The molecule has 1 amide bonds. The van der Waals surface area contributed by atoms with E-state index < -0.39 is 0 Å². The van der Waals surface area contributed by atoms with Crippen molar-refractivity contribution in [2.75, 3.05) is 6.54 Å². The Morgan fingerprint density at radius 3 is 2.65 bits per heavy atom. The molecule has 0 saturated heterocycles. The Balaban J connectivity index is 1.77. The van der Waals surface area contributed by atoms with Crippen molar-refractivity contribution in [3.8, 4) is 11.4 Å². The van der Waals surface area contributed by atoms with Crippen LogP contribution in [-0.2, 0) is 17.8 Å². The van der Waals surface area contributed by atoms with Crippen LogP contribution in [0.25, 0.3) is 11.4 Å². The van der Waals surface area contributed by atoms with Gasteiger partial charge in [-0.1, -0.05) is 51.1 Å². The zero-order valence-electron chi connectivity index (χ0n) is 14.0. The Morgan fingerprint density at radius 1 is 1.22 bits per heavy atom. The van der Waals surface area contributed by atoms with Gasteiger partial charge < -0.3 is 4.90 Å². The Hall–Kier alpha value is -2.23. The minimum Gasteiger partial charge on any atom is -0.338 e. The Labute approximate surface area is 137 Å². The minimum absolute atomic E-state index is 0.0189. The first-order chi connectivity index (χ1) is 10.9. The van der Waals surface area contributed by atoms with E-state index in [2.05, 4.69) is 25.8 Å². The summed E-state index contributed by atoms with van der Waals surface area (Å²) in [7, 11) is 0. The largest absolute Gasteiger partial charge is 0.338 e. The van der Waals surface area contributed by atoms with E-state index in [0.717, 1.165) is 35.6 Å². The standard InChI is InChI=1S/C19H23N3O/c1-19(2,3)11-17(23)22-10-9-16-15(13-22)12-20-18(21-16)14-7-5-4-6-8-14/h4-8,12H,9-11,13H2,1-3H3. The number of nitrogens with zero attached hydrogens (tertiary/aromatic N) is 3. The average molecular weight is 309 g/mol. The normalized spacial score (nSPS) is 14.5. The molecule has 23 heavy (non-hydrogen) atoms. The third kappa shape index (κ3) is 3.76. The number of fused-ring (bicyclic) bond motifs is 1. The van der Waals surface area contributed by atoms with E-state index >= 15 is 0 Å². The first kappa shape index (κ1) is 15.7. The molecule has 0 atom stereocenters.